The van der Waals surface area contributed by atoms with Crippen LogP contribution < -0.4 is 4.74 Å². The van der Waals surface area contributed by atoms with E-state index in [4.69, 9.17) is 21.4 Å². The molecule has 1 aliphatic heterocycles. The SMILES string of the molecule is O=C(O)N1CCC(Oc2cc(C(F)(F)F)c(Cl)cn2)CC1. The predicted octanol–water partition coefficient (Wildman–Crippen LogP) is 3.28. The fourth-order valence-electron chi connectivity index (χ4n) is 2.04. The normalized spacial score (nSPS) is 16.9. The van der Waals surface area contributed by atoms with Crippen LogP contribution in [0, 0.1) is 0 Å². The Morgan fingerprint density at radius 3 is 2.57 bits per heavy atom. The minimum Gasteiger partial charge on any atom is -0.474 e. The molecule has 0 saturated carbocycles. The van der Waals surface area contributed by atoms with E-state index in [1.54, 1.807) is 0 Å². The number of carboxylic acid groups (broad SMARTS) is 1. The summed E-state index contributed by atoms with van der Waals surface area (Å²) < 4.78 is 43.5. The van der Waals surface area contributed by atoms with Crippen molar-refractivity contribution in [1.82, 2.24) is 9.88 Å². The average Bonchev–Trinajstić information content (AvgIpc) is 2.40. The van der Waals surface area contributed by atoms with Gasteiger partial charge in [-0.25, -0.2) is 9.78 Å². The van der Waals surface area contributed by atoms with Crippen LogP contribution in [0.2, 0.25) is 5.02 Å². The summed E-state index contributed by atoms with van der Waals surface area (Å²) in [6.45, 7) is 0.555. The Morgan fingerprint density at radius 1 is 1.43 bits per heavy atom. The number of hydrogen-bond donors (Lipinski definition) is 1. The second-order valence-corrected chi connectivity index (χ2v) is 4.99. The van der Waals surface area contributed by atoms with Gasteiger partial charge in [0, 0.05) is 32.0 Å². The van der Waals surface area contributed by atoms with E-state index >= 15 is 0 Å². The number of pyridine rings is 1. The van der Waals surface area contributed by atoms with E-state index in [9.17, 15) is 18.0 Å². The lowest BCUT2D eigenvalue weighted by Gasteiger charge is -2.30. The molecule has 21 heavy (non-hydrogen) atoms. The molecule has 1 aromatic heterocycles. The molecule has 0 aliphatic carbocycles. The fraction of sp³-hybridized carbons (Fsp3) is 0.500. The molecular formula is C12H12ClF3N2O3. The minimum atomic E-state index is -4.58. The van der Waals surface area contributed by atoms with Gasteiger partial charge in [-0.3, -0.25) is 0 Å². The van der Waals surface area contributed by atoms with Crippen molar-refractivity contribution in [3.63, 3.8) is 0 Å². The summed E-state index contributed by atoms with van der Waals surface area (Å²) in [6, 6.07) is 0.756. The number of hydrogen-bond acceptors (Lipinski definition) is 3. The minimum absolute atomic E-state index is 0.166. The highest BCUT2D eigenvalue weighted by molar-refractivity contribution is 6.31. The lowest BCUT2D eigenvalue weighted by atomic mass is 10.1. The van der Waals surface area contributed by atoms with Gasteiger partial charge in [0.25, 0.3) is 0 Å². The van der Waals surface area contributed by atoms with E-state index in [2.05, 4.69) is 4.98 Å². The van der Waals surface area contributed by atoms with E-state index < -0.39 is 22.9 Å². The highest BCUT2D eigenvalue weighted by Gasteiger charge is 2.34. The third-order valence-electron chi connectivity index (χ3n) is 3.14. The van der Waals surface area contributed by atoms with Gasteiger partial charge in [0.05, 0.1) is 16.8 Å². The topological polar surface area (TPSA) is 62.7 Å². The summed E-state index contributed by atoms with van der Waals surface area (Å²) in [5, 5.41) is 8.31. The number of ether oxygens (including phenoxy) is 1. The maximum absolute atomic E-state index is 12.7. The Balaban J connectivity index is 2.03. The summed E-state index contributed by atoms with van der Waals surface area (Å²) in [5.74, 6) is -0.166. The van der Waals surface area contributed by atoms with Crippen molar-refractivity contribution in [2.45, 2.75) is 25.1 Å². The maximum atomic E-state index is 12.7. The van der Waals surface area contributed by atoms with Crippen LogP contribution in [0.15, 0.2) is 12.3 Å². The van der Waals surface area contributed by atoms with Gasteiger partial charge < -0.3 is 14.7 Å². The van der Waals surface area contributed by atoms with Crippen molar-refractivity contribution in [2.24, 2.45) is 0 Å². The van der Waals surface area contributed by atoms with E-state index in [0.717, 1.165) is 12.3 Å². The molecule has 0 aromatic carbocycles. The van der Waals surface area contributed by atoms with Crippen LogP contribution >= 0.6 is 11.6 Å². The molecule has 0 atom stereocenters. The quantitative estimate of drug-likeness (QED) is 0.907. The van der Waals surface area contributed by atoms with Crippen LogP contribution in [0.1, 0.15) is 18.4 Å². The first-order valence-electron chi connectivity index (χ1n) is 6.14. The van der Waals surface area contributed by atoms with Gasteiger partial charge in [0.15, 0.2) is 0 Å². The number of carbonyl (C=O) groups is 1. The molecule has 1 saturated heterocycles. The Hall–Kier alpha value is -1.70. The van der Waals surface area contributed by atoms with Crippen LogP contribution in [0.3, 0.4) is 0 Å². The highest BCUT2D eigenvalue weighted by atomic mass is 35.5. The van der Waals surface area contributed by atoms with Gasteiger partial charge in [0.2, 0.25) is 5.88 Å². The van der Waals surface area contributed by atoms with Gasteiger partial charge in [-0.1, -0.05) is 11.6 Å². The van der Waals surface area contributed by atoms with E-state index in [0.29, 0.717) is 12.8 Å². The number of piperidine rings is 1. The summed E-state index contributed by atoms with van der Waals surface area (Å²) in [7, 11) is 0. The summed E-state index contributed by atoms with van der Waals surface area (Å²) >= 11 is 5.47. The van der Waals surface area contributed by atoms with Gasteiger partial charge in [-0.15, -0.1) is 0 Å². The molecule has 1 N–H and O–H groups in total. The van der Waals surface area contributed by atoms with Crippen LogP contribution in [0.25, 0.3) is 0 Å². The molecule has 1 aliphatic rings. The number of nitrogens with zero attached hydrogens (tertiary/aromatic N) is 2. The number of amides is 1. The first-order valence-corrected chi connectivity index (χ1v) is 6.52. The number of aromatic nitrogens is 1. The number of halogens is 4. The van der Waals surface area contributed by atoms with E-state index in [1.807, 2.05) is 0 Å². The Labute approximate surface area is 123 Å². The zero-order valence-corrected chi connectivity index (χ0v) is 11.5. The Morgan fingerprint density at radius 2 is 2.05 bits per heavy atom. The molecule has 116 valence electrons. The van der Waals surface area contributed by atoms with Crippen molar-refractivity contribution in [3.05, 3.63) is 22.8 Å². The smallest absolute Gasteiger partial charge is 0.418 e. The lowest BCUT2D eigenvalue weighted by molar-refractivity contribution is -0.137. The number of rotatable bonds is 2. The predicted molar refractivity (Wildman–Crippen MR) is 67.5 cm³/mol. The first kappa shape index (κ1) is 15.7. The summed E-state index contributed by atoms with van der Waals surface area (Å²) in [6.07, 6.45) is -4.26. The molecule has 0 spiro atoms. The van der Waals surface area contributed by atoms with Crippen LogP contribution in [0.4, 0.5) is 18.0 Å². The molecule has 1 fully saturated rings. The zero-order valence-electron chi connectivity index (χ0n) is 10.7. The number of alkyl halides is 3. The standard InChI is InChI=1S/C12H12ClF3N2O3/c13-9-6-17-10(5-8(9)12(14,15)16)21-7-1-3-18(4-2-7)11(19)20/h5-7H,1-4H2,(H,19,20). The number of likely N-dealkylation sites (tertiary alicyclic amines) is 1. The second kappa shape index (κ2) is 5.97. The largest absolute Gasteiger partial charge is 0.474 e. The maximum Gasteiger partial charge on any atom is 0.418 e. The Bertz CT molecular complexity index is 531. The Kier molecular flexibility index (Phi) is 4.46. The van der Waals surface area contributed by atoms with Crippen molar-refractivity contribution in [3.8, 4) is 5.88 Å². The van der Waals surface area contributed by atoms with Gasteiger partial charge in [-0.2, -0.15) is 13.2 Å². The zero-order chi connectivity index (χ0) is 15.6. The van der Waals surface area contributed by atoms with Gasteiger partial charge in [0.1, 0.15) is 6.10 Å². The first-order chi connectivity index (χ1) is 9.77. The third-order valence-corrected chi connectivity index (χ3v) is 3.44. The molecule has 2 rings (SSSR count). The van der Waals surface area contributed by atoms with E-state index in [1.165, 1.54) is 4.90 Å². The van der Waals surface area contributed by atoms with Crippen molar-refractivity contribution < 1.29 is 27.8 Å². The summed E-state index contributed by atoms with van der Waals surface area (Å²) in [5.41, 5.74) is -1.00. The van der Waals surface area contributed by atoms with Crippen molar-refractivity contribution in [1.29, 1.82) is 0 Å². The lowest BCUT2D eigenvalue weighted by Crippen LogP contribution is -2.41. The third kappa shape index (κ3) is 3.90. The molecule has 1 aromatic rings. The van der Waals surface area contributed by atoms with E-state index in [-0.39, 0.29) is 25.1 Å². The monoisotopic (exact) mass is 324 g/mol. The van der Waals surface area contributed by atoms with Crippen molar-refractivity contribution in [2.75, 3.05) is 13.1 Å². The molecule has 5 nitrogen and oxygen atoms in total. The molecule has 2 heterocycles. The van der Waals surface area contributed by atoms with Crippen LogP contribution in [-0.2, 0) is 6.18 Å². The van der Waals surface area contributed by atoms with Gasteiger partial charge in [-0.05, 0) is 0 Å². The molecule has 9 heteroatoms. The average molecular weight is 325 g/mol. The molecule has 0 unspecified atom stereocenters. The van der Waals surface area contributed by atoms with Crippen LogP contribution in [0.5, 0.6) is 5.88 Å². The molecule has 0 radical (unpaired) electrons. The van der Waals surface area contributed by atoms with Gasteiger partial charge >= 0.3 is 12.3 Å². The molecular weight excluding hydrogens is 313 g/mol. The highest BCUT2D eigenvalue weighted by Crippen LogP contribution is 2.36. The van der Waals surface area contributed by atoms with Crippen LogP contribution in [-0.4, -0.2) is 40.3 Å². The molecule has 1 amide bonds. The second-order valence-electron chi connectivity index (χ2n) is 4.59. The fourth-order valence-corrected chi connectivity index (χ4v) is 2.25. The van der Waals surface area contributed by atoms with Crippen molar-refractivity contribution >= 4 is 17.7 Å². The summed E-state index contributed by atoms with van der Waals surface area (Å²) in [4.78, 5) is 15.7. The molecule has 0 bridgehead atoms.